The lowest BCUT2D eigenvalue weighted by Gasteiger charge is -2.27. The van der Waals surface area contributed by atoms with Gasteiger partial charge in [0.2, 0.25) is 15.9 Å². The molecule has 0 N–H and O–H groups in total. The zero-order valence-corrected chi connectivity index (χ0v) is 19.7. The summed E-state index contributed by atoms with van der Waals surface area (Å²) >= 11 is 0. The molecule has 1 amide bonds. The van der Waals surface area contributed by atoms with Gasteiger partial charge < -0.3 is 4.90 Å². The lowest BCUT2D eigenvalue weighted by Crippen LogP contribution is -2.41. The normalized spacial score (nSPS) is 22.9. The second-order valence-corrected chi connectivity index (χ2v) is 10.9. The van der Waals surface area contributed by atoms with Crippen LogP contribution in [0.4, 0.5) is 5.69 Å². The van der Waals surface area contributed by atoms with Gasteiger partial charge in [-0.05, 0) is 62.5 Å². The molecule has 1 atom stereocenters. The molecule has 8 heteroatoms. The number of hydrogen-bond acceptors (Lipinski definition) is 5. The van der Waals surface area contributed by atoms with Crippen molar-refractivity contribution in [2.75, 3.05) is 57.3 Å². The summed E-state index contributed by atoms with van der Waals surface area (Å²) in [5.41, 5.74) is 1.84. The van der Waals surface area contributed by atoms with Crippen LogP contribution in [0.25, 0.3) is 0 Å². The molecule has 1 aromatic carbocycles. The van der Waals surface area contributed by atoms with Gasteiger partial charge in [0.15, 0.2) is 0 Å². The first-order chi connectivity index (χ1) is 14.9. The van der Waals surface area contributed by atoms with Gasteiger partial charge in [0.25, 0.3) is 0 Å². The predicted octanol–water partition coefficient (Wildman–Crippen LogP) is 2.17. The van der Waals surface area contributed by atoms with Gasteiger partial charge >= 0.3 is 0 Å². The van der Waals surface area contributed by atoms with Crippen LogP contribution in [0.2, 0.25) is 0 Å². The van der Waals surface area contributed by atoms with Crippen molar-refractivity contribution >= 4 is 21.6 Å². The fourth-order valence-electron chi connectivity index (χ4n) is 5.32. The van der Waals surface area contributed by atoms with Gasteiger partial charge in [-0.25, -0.2) is 8.42 Å². The molecule has 4 rings (SSSR count). The quantitative estimate of drug-likeness (QED) is 0.640. The average molecular weight is 449 g/mol. The molecule has 172 valence electrons. The Labute approximate surface area is 187 Å². The maximum Gasteiger partial charge on any atom is 0.243 e. The summed E-state index contributed by atoms with van der Waals surface area (Å²) in [6, 6.07) is 5.84. The number of anilines is 1. The van der Waals surface area contributed by atoms with Gasteiger partial charge in [-0.2, -0.15) is 4.31 Å². The Balaban J connectivity index is 1.41. The highest BCUT2D eigenvalue weighted by atomic mass is 32.2. The average Bonchev–Trinajstić information content (AvgIpc) is 3.42. The van der Waals surface area contributed by atoms with Crippen LogP contribution in [0, 0.1) is 0 Å². The molecule has 2 fully saturated rings. The van der Waals surface area contributed by atoms with Crippen LogP contribution < -0.4 is 4.90 Å². The SMILES string of the molecule is CCN(CC)C1CCN(CC(=O)N2CCc3cc(S(=O)(=O)N4CCCCC4)ccc32)C1. The second-order valence-electron chi connectivity index (χ2n) is 8.95. The van der Waals surface area contributed by atoms with E-state index in [1.54, 1.807) is 16.4 Å². The first-order valence-corrected chi connectivity index (χ1v) is 13.3. The van der Waals surface area contributed by atoms with E-state index in [1.165, 1.54) is 0 Å². The third kappa shape index (κ3) is 4.67. The minimum absolute atomic E-state index is 0.116. The molecule has 0 aromatic heterocycles. The molecule has 1 unspecified atom stereocenters. The van der Waals surface area contributed by atoms with Crippen LogP contribution in [0.15, 0.2) is 23.1 Å². The lowest BCUT2D eigenvalue weighted by molar-refractivity contribution is -0.119. The molecule has 31 heavy (non-hydrogen) atoms. The van der Waals surface area contributed by atoms with E-state index in [9.17, 15) is 13.2 Å². The molecule has 1 aromatic rings. The summed E-state index contributed by atoms with van der Waals surface area (Å²) in [6.45, 7) is 10.7. The number of nitrogens with zero attached hydrogens (tertiary/aromatic N) is 4. The van der Waals surface area contributed by atoms with Crippen LogP contribution in [0.1, 0.15) is 45.1 Å². The number of hydrogen-bond donors (Lipinski definition) is 0. The zero-order chi connectivity index (χ0) is 22.0. The lowest BCUT2D eigenvalue weighted by atomic mass is 10.2. The Morgan fingerprint density at radius 3 is 2.52 bits per heavy atom. The molecule has 7 nitrogen and oxygen atoms in total. The molecule has 0 aliphatic carbocycles. The van der Waals surface area contributed by atoms with Gasteiger partial charge in [-0.15, -0.1) is 0 Å². The van der Waals surface area contributed by atoms with E-state index >= 15 is 0 Å². The van der Waals surface area contributed by atoms with Crippen molar-refractivity contribution in [2.24, 2.45) is 0 Å². The van der Waals surface area contributed by atoms with E-state index in [-0.39, 0.29) is 5.91 Å². The smallest absolute Gasteiger partial charge is 0.243 e. The van der Waals surface area contributed by atoms with E-state index in [2.05, 4.69) is 23.6 Å². The summed E-state index contributed by atoms with van der Waals surface area (Å²) in [5.74, 6) is 0.116. The van der Waals surface area contributed by atoms with E-state index < -0.39 is 10.0 Å². The van der Waals surface area contributed by atoms with Crippen molar-refractivity contribution in [2.45, 2.75) is 56.9 Å². The molecule has 0 bridgehead atoms. The minimum Gasteiger partial charge on any atom is -0.311 e. The van der Waals surface area contributed by atoms with Gasteiger partial charge in [0.1, 0.15) is 0 Å². The molecule has 0 saturated carbocycles. The molecule has 3 aliphatic heterocycles. The Bertz CT molecular complexity index is 894. The summed E-state index contributed by atoms with van der Waals surface area (Å²) < 4.78 is 27.6. The number of carbonyl (C=O) groups excluding carboxylic acids is 1. The highest BCUT2D eigenvalue weighted by Gasteiger charge is 2.32. The number of likely N-dealkylation sites (N-methyl/N-ethyl adjacent to an activating group) is 1. The molecule has 0 spiro atoms. The van der Waals surface area contributed by atoms with Crippen molar-refractivity contribution < 1.29 is 13.2 Å². The third-order valence-corrected chi connectivity index (χ3v) is 9.03. The van der Waals surface area contributed by atoms with Crippen molar-refractivity contribution in [1.82, 2.24) is 14.1 Å². The van der Waals surface area contributed by atoms with Crippen LogP contribution in [-0.4, -0.2) is 86.8 Å². The summed E-state index contributed by atoms with van der Waals surface area (Å²) in [5, 5.41) is 0. The molecule has 2 saturated heterocycles. The van der Waals surface area contributed by atoms with Gasteiger partial charge in [-0.3, -0.25) is 14.6 Å². The molecular formula is C23H36N4O3S. The van der Waals surface area contributed by atoms with Crippen molar-refractivity contribution in [3.8, 4) is 0 Å². The van der Waals surface area contributed by atoms with Crippen LogP contribution >= 0.6 is 0 Å². The van der Waals surface area contributed by atoms with Crippen molar-refractivity contribution in [3.63, 3.8) is 0 Å². The number of benzene rings is 1. The molecular weight excluding hydrogens is 412 g/mol. The molecule has 3 heterocycles. The number of carbonyl (C=O) groups is 1. The van der Waals surface area contributed by atoms with Crippen LogP contribution in [0.3, 0.4) is 0 Å². The van der Waals surface area contributed by atoms with Crippen LogP contribution in [-0.2, 0) is 21.2 Å². The number of rotatable bonds is 7. The Hall–Kier alpha value is -1.48. The summed E-state index contributed by atoms with van der Waals surface area (Å²) in [4.78, 5) is 20.0. The highest BCUT2D eigenvalue weighted by molar-refractivity contribution is 7.89. The van der Waals surface area contributed by atoms with Gasteiger partial charge in [0.05, 0.1) is 11.4 Å². The monoisotopic (exact) mass is 448 g/mol. The van der Waals surface area contributed by atoms with Crippen molar-refractivity contribution in [1.29, 1.82) is 0 Å². The standard InChI is InChI=1S/C23H36N4O3S/c1-3-25(4-2)20-11-14-24(17-20)18-23(28)27-15-10-19-16-21(8-9-22(19)27)31(29,30)26-12-6-5-7-13-26/h8-9,16,20H,3-7,10-15,17-18H2,1-2H3. The molecule has 0 radical (unpaired) electrons. The van der Waals surface area contributed by atoms with E-state index in [1.807, 2.05) is 11.0 Å². The zero-order valence-electron chi connectivity index (χ0n) is 18.9. The number of fused-ring (bicyclic) bond motifs is 1. The van der Waals surface area contributed by atoms with E-state index in [4.69, 9.17) is 0 Å². The van der Waals surface area contributed by atoms with E-state index in [0.29, 0.717) is 43.5 Å². The third-order valence-electron chi connectivity index (χ3n) is 7.14. The number of sulfonamides is 1. The van der Waals surface area contributed by atoms with E-state index in [0.717, 1.165) is 63.1 Å². The summed E-state index contributed by atoms with van der Waals surface area (Å²) in [6.07, 6.45) is 4.78. The first kappa shape index (κ1) is 22.7. The van der Waals surface area contributed by atoms with Crippen LogP contribution in [0.5, 0.6) is 0 Å². The van der Waals surface area contributed by atoms with Gasteiger partial charge in [-0.1, -0.05) is 20.3 Å². The maximum absolute atomic E-state index is 13.1. The maximum atomic E-state index is 13.1. The Morgan fingerprint density at radius 1 is 1.06 bits per heavy atom. The molecule has 3 aliphatic rings. The second kappa shape index (κ2) is 9.57. The highest BCUT2D eigenvalue weighted by Crippen LogP contribution is 2.32. The van der Waals surface area contributed by atoms with Crippen molar-refractivity contribution in [3.05, 3.63) is 23.8 Å². The fraction of sp³-hybridized carbons (Fsp3) is 0.696. The Morgan fingerprint density at radius 2 is 1.81 bits per heavy atom. The summed E-state index contributed by atoms with van der Waals surface area (Å²) in [7, 11) is -3.44. The first-order valence-electron chi connectivity index (χ1n) is 11.8. The minimum atomic E-state index is -3.44. The fourth-order valence-corrected chi connectivity index (χ4v) is 6.89. The number of piperidine rings is 1. The Kier molecular flexibility index (Phi) is 7.01. The predicted molar refractivity (Wildman–Crippen MR) is 123 cm³/mol. The number of likely N-dealkylation sites (tertiary alicyclic amines) is 1. The van der Waals surface area contributed by atoms with Gasteiger partial charge in [0, 0.05) is 44.5 Å². The number of amides is 1. The largest absolute Gasteiger partial charge is 0.311 e. The topological polar surface area (TPSA) is 64.2 Å².